The lowest BCUT2D eigenvalue weighted by molar-refractivity contribution is -0.125. The summed E-state index contributed by atoms with van der Waals surface area (Å²) >= 11 is 0. The fraction of sp³-hybridized carbons (Fsp3) is 0.650. The number of para-hydroxylation sites is 1. The minimum atomic E-state index is 0.347. The number of ether oxygens (including phenoxy) is 2. The molecule has 1 aromatic rings. The summed E-state index contributed by atoms with van der Waals surface area (Å²) in [6.45, 7) is 2.28. The van der Waals surface area contributed by atoms with Gasteiger partial charge in [-0.05, 0) is 31.4 Å². The number of nitrogens with one attached hydrogen (secondary N) is 2. The lowest BCUT2D eigenvalue weighted by Gasteiger charge is -2.57. The predicted octanol–water partition coefficient (Wildman–Crippen LogP) is 2.58. The molecule has 5 heteroatoms. The number of fused-ring (bicyclic) bond motifs is 2. The van der Waals surface area contributed by atoms with Crippen molar-refractivity contribution < 1.29 is 9.47 Å². The first-order valence-electron chi connectivity index (χ1n) is 9.60. The SMILES string of the molecule is CN=C(NCCOc1ccccc1)NC1C2CCOC2C12CCCC2. The van der Waals surface area contributed by atoms with Gasteiger partial charge in [-0.25, -0.2) is 0 Å². The minimum Gasteiger partial charge on any atom is -0.492 e. The van der Waals surface area contributed by atoms with Crippen molar-refractivity contribution in [2.24, 2.45) is 16.3 Å². The van der Waals surface area contributed by atoms with E-state index in [4.69, 9.17) is 9.47 Å². The first-order chi connectivity index (χ1) is 12.3. The zero-order valence-corrected chi connectivity index (χ0v) is 15.0. The molecule has 3 aliphatic rings. The Hall–Kier alpha value is -1.75. The first-order valence-corrected chi connectivity index (χ1v) is 9.60. The van der Waals surface area contributed by atoms with E-state index in [-0.39, 0.29) is 0 Å². The maximum Gasteiger partial charge on any atom is 0.191 e. The second kappa shape index (κ2) is 7.24. The van der Waals surface area contributed by atoms with E-state index >= 15 is 0 Å². The zero-order chi connectivity index (χ0) is 17.1. The average molecular weight is 343 g/mol. The van der Waals surface area contributed by atoms with Crippen LogP contribution < -0.4 is 15.4 Å². The lowest BCUT2D eigenvalue weighted by atomic mass is 9.54. The van der Waals surface area contributed by atoms with Crippen molar-refractivity contribution in [2.45, 2.75) is 44.2 Å². The predicted molar refractivity (Wildman–Crippen MR) is 99.0 cm³/mol. The van der Waals surface area contributed by atoms with E-state index in [0.717, 1.165) is 24.9 Å². The molecule has 4 rings (SSSR count). The van der Waals surface area contributed by atoms with Crippen molar-refractivity contribution in [3.8, 4) is 5.75 Å². The van der Waals surface area contributed by atoms with Gasteiger partial charge in [0.25, 0.3) is 0 Å². The molecule has 3 fully saturated rings. The van der Waals surface area contributed by atoms with Gasteiger partial charge in [0, 0.05) is 31.0 Å². The Balaban J connectivity index is 1.28. The number of hydrogen-bond donors (Lipinski definition) is 2. The molecule has 2 N–H and O–H groups in total. The van der Waals surface area contributed by atoms with Gasteiger partial charge in [0.2, 0.25) is 0 Å². The van der Waals surface area contributed by atoms with E-state index in [1.165, 1.54) is 32.1 Å². The fourth-order valence-electron chi connectivity index (χ4n) is 5.10. The zero-order valence-electron chi connectivity index (χ0n) is 15.0. The average Bonchev–Trinajstić information content (AvgIpc) is 3.31. The number of nitrogens with zero attached hydrogens (tertiary/aromatic N) is 1. The van der Waals surface area contributed by atoms with Crippen LogP contribution in [-0.2, 0) is 4.74 Å². The maximum absolute atomic E-state index is 6.06. The van der Waals surface area contributed by atoms with Crippen LogP contribution in [0.1, 0.15) is 32.1 Å². The Morgan fingerprint density at radius 2 is 2.08 bits per heavy atom. The Morgan fingerprint density at radius 3 is 2.84 bits per heavy atom. The van der Waals surface area contributed by atoms with Crippen molar-refractivity contribution in [3.63, 3.8) is 0 Å². The second-order valence-electron chi connectivity index (χ2n) is 7.47. The molecule has 0 radical (unpaired) electrons. The molecule has 3 unspecified atom stereocenters. The summed E-state index contributed by atoms with van der Waals surface area (Å²) < 4.78 is 11.8. The molecule has 136 valence electrons. The summed E-state index contributed by atoms with van der Waals surface area (Å²) in [6, 6.07) is 10.4. The molecule has 1 spiro atoms. The molecule has 2 aliphatic carbocycles. The molecule has 5 nitrogen and oxygen atoms in total. The van der Waals surface area contributed by atoms with E-state index in [2.05, 4.69) is 15.6 Å². The normalized spacial score (nSPS) is 30.0. The van der Waals surface area contributed by atoms with E-state index < -0.39 is 0 Å². The fourth-order valence-corrected chi connectivity index (χ4v) is 5.10. The van der Waals surface area contributed by atoms with Gasteiger partial charge in [-0.1, -0.05) is 31.0 Å². The number of guanidine groups is 1. The van der Waals surface area contributed by atoms with E-state index in [0.29, 0.717) is 30.1 Å². The third-order valence-electron chi connectivity index (χ3n) is 6.21. The summed E-state index contributed by atoms with van der Waals surface area (Å²) in [5.74, 6) is 2.44. The number of rotatable bonds is 5. The third-order valence-corrected chi connectivity index (χ3v) is 6.21. The molecular weight excluding hydrogens is 314 g/mol. The van der Waals surface area contributed by atoms with Gasteiger partial charge in [-0.3, -0.25) is 4.99 Å². The second-order valence-corrected chi connectivity index (χ2v) is 7.47. The Bertz CT molecular complexity index is 598. The molecule has 3 atom stereocenters. The Morgan fingerprint density at radius 1 is 1.28 bits per heavy atom. The highest BCUT2D eigenvalue weighted by Crippen LogP contribution is 2.60. The quantitative estimate of drug-likeness (QED) is 0.490. The molecule has 0 aromatic heterocycles. The van der Waals surface area contributed by atoms with Gasteiger partial charge in [-0.15, -0.1) is 0 Å². The third kappa shape index (κ3) is 3.10. The van der Waals surface area contributed by atoms with Crippen LogP contribution in [0.25, 0.3) is 0 Å². The number of aliphatic imine (C=N–C) groups is 1. The molecule has 0 amide bonds. The molecular formula is C20H29N3O2. The molecule has 1 heterocycles. The smallest absolute Gasteiger partial charge is 0.191 e. The highest BCUT2D eigenvalue weighted by Gasteiger charge is 2.65. The molecule has 0 bridgehead atoms. The van der Waals surface area contributed by atoms with Gasteiger partial charge < -0.3 is 20.1 Å². The lowest BCUT2D eigenvalue weighted by Crippen LogP contribution is -2.69. The van der Waals surface area contributed by atoms with Gasteiger partial charge in [0.1, 0.15) is 12.4 Å². The summed E-state index contributed by atoms with van der Waals surface area (Å²) in [7, 11) is 1.84. The molecule has 2 saturated carbocycles. The van der Waals surface area contributed by atoms with Crippen LogP contribution in [-0.4, -0.2) is 44.9 Å². The van der Waals surface area contributed by atoms with Crippen molar-refractivity contribution in [1.82, 2.24) is 10.6 Å². The largest absolute Gasteiger partial charge is 0.492 e. The van der Waals surface area contributed by atoms with E-state index in [9.17, 15) is 0 Å². The highest BCUT2D eigenvalue weighted by atomic mass is 16.5. The van der Waals surface area contributed by atoms with E-state index in [1.807, 2.05) is 37.4 Å². The van der Waals surface area contributed by atoms with Crippen molar-refractivity contribution >= 4 is 5.96 Å². The molecule has 1 aliphatic heterocycles. The van der Waals surface area contributed by atoms with Crippen LogP contribution in [0, 0.1) is 11.3 Å². The summed E-state index contributed by atoms with van der Waals surface area (Å²) in [5.41, 5.74) is 0.347. The van der Waals surface area contributed by atoms with Crippen LogP contribution in [0.3, 0.4) is 0 Å². The maximum atomic E-state index is 6.06. The van der Waals surface area contributed by atoms with Crippen LogP contribution in [0.4, 0.5) is 0 Å². The monoisotopic (exact) mass is 343 g/mol. The molecule has 25 heavy (non-hydrogen) atoms. The van der Waals surface area contributed by atoms with Crippen molar-refractivity contribution in [1.29, 1.82) is 0 Å². The molecule has 1 saturated heterocycles. The standard InChI is InChI=1S/C20H29N3O2/c1-21-19(22-12-14-24-15-7-3-2-4-8-15)23-17-16-9-13-25-18(16)20(17)10-5-6-11-20/h2-4,7-8,16-18H,5-6,9-14H2,1H3,(H2,21,22,23). The topological polar surface area (TPSA) is 54.9 Å². The van der Waals surface area contributed by atoms with Gasteiger partial charge in [0.05, 0.1) is 12.6 Å². The first kappa shape index (κ1) is 16.7. The minimum absolute atomic E-state index is 0.347. The van der Waals surface area contributed by atoms with Crippen LogP contribution in [0.15, 0.2) is 35.3 Å². The molecule has 1 aromatic carbocycles. The van der Waals surface area contributed by atoms with Crippen molar-refractivity contribution in [2.75, 3.05) is 26.8 Å². The van der Waals surface area contributed by atoms with Crippen molar-refractivity contribution in [3.05, 3.63) is 30.3 Å². The van der Waals surface area contributed by atoms with Crippen LogP contribution in [0.5, 0.6) is 5.75 Å². The van der Waals surface area contributed by atoms with Gasteiger partial charge in [-0.2, -0.15) is 0 Å². The Labute approximate surface area is 150 Å². The summed E-state index contributed by atoms with van der Waals surface area (Å²) in [5, 5.41) is 7.11. The Kier molecular flexibility index (Phi) is 4.84. The van der Waals surface area contributed by atoms with Crippen LogP contribution >= 0.6 is 0 Å². The number of benzene rings is 1. The van der Waals surface area contributed by atoms with Gasteiger partial charge in [0.15, 0.2) is 5.96 Å². The summed E-state index contributed by atoms with van der Waals surface area (Å²) in [4.78, 5) is 4.42. The van der Waals surface area contributed by atoms with Gasteiger partial charge >= 0.3 is 0 Å². The number of hydrogen-bond acceptors (Lipinski definition) is 3. The van der Waals surface area contributed by atoms with E-state index in [1.54, 1.807) is 0 Å². The summed E-state index contributed by atoms with van der Waals surface area (Å²) in [6.07, 6.45) is 6.91. The van der Waals surface area contributed by atoms with Crippen LogP contribution in [0.2, 0.25) is 0 Å². The highest BCUT2D eigenvalue weighted by molar-refractivity contribution is 5.80.